The third-order valence-corrected chi connectivity index (χ3v) is 4.88. The van der Waals surface area contributed by atoms with Crippen LogP contribution in [0.1, 0.15) is 41.2 Å². The molecular formula is C19H21NO2. The molecule has 2 aliphatic rings. The van der Waals surface area contributed by atoms with Crippen LogP contribution in [0.4, 0.5) is 5.69 Å². The molecule has 2 N–H and O–H groups in total. The van der Waals surface area contributed by atoms with Gasteiger partial charge in [-0.25, -0.2) is 0 Å². The molecule has 2 heterocycles. The summed E-state index contributed by atoms with van der Waals surface area (Å²) in [6, 6.07) is 11.2. The van der Waals surface area contributed by atoms with E-state index in [-0.39, 0.29) is 5.75 Å². The van der Waals surface area contributed by atoms with Crippen LogP contribution in [0.15, 0.2) is 36.4 Å². The maximum atomic E-state index is 10.7. The molecule has 0 fully saturated rings. The molecule has 3 nitrogen and oxygen atoms in total. The van der Waals surface area contributed by atoms with Gasteiger partial charge in [-0.1, -0.05) is 24.3 Å². The van der Waals surface area contributed by atoms with Gasteiger partial charge in [0.05, 0.1) is 0 Å². The summed E-state index contributed by atoms with van der Waals surface area (Å²) in [5.74, 6) is 0.229. The molecular weight excluding hydrogens is 274 g/mol. The van der Waals surface area contributed by atoms with Crippen molar-refractivity contribution in [2.24, 2.45) is 0 Å². The minimum atomic E-state index is -0.626. The second-order valence-corrected chi connectivity index (χ2v) is 6.38. The number of hydrogen-bond donors (Lipinski definition) is 2. The van der Waals surface area contributed by atoms with Gasteiger partial charge in [0.25, 0.3) is 0 Å². The summed E-state index contributed by atoms with van der Waals surface area (Å²) < 4.78 is 0. The van der Waals surface area contributed by atoms with E-state index in [2.05, 4.69) is 17.0 Å². The predicted molar refractivity (Wildman–Crippen MR) is 87.5 cm³/mol. The van der Waals surface area contributed by atoms with E-state index in [4.69, 9.17) is 0 Å². The number of aryl methyl sites for hydroxylation is 2. The number of aliphatic hydroxyl groups excluding tert-OH is 1. The first-order valence-electron chi connectivity index (χ1n) is 8.10. The van der Waals surface area contributed by atoms with Crippen molar-refractivity contribution in [2.75, 3.05) is 18.0 Å². The van der Waals surface area contributed by atoms with Crippen molar-refractivity contribution in [1.82, 2.24) is 0 Å². The number of rotatable bonds is 2. The first kappa shape index (κ1) is 13.6. The number of phenolic OH excluding ortho intramolecular Hbond substituents is 1. The number of aromatic hydroxyl groups is 1. The SMILES string of the molecule is Oc1ccc(C(O)c2cc3c4c(c2)CCCN4CCC3)cc1. The number of benzene rings is 2. The minimum absolute atomic E-state index is 0.229. The number of anilines is 1. The molecule has 1 unspecified atom stereocenters. The zero-order valence-corrected chi connectivity index (χ0v) is 12.6. The van der Waals surface area contributed by atoms with Crippen molar-refractivity contribution in [3.8, 4) is 5.75 Å². The molecule has 2 aromatic carbocycles. The zero-order chi connectivity index (χ0) is 15.1. The van der Waals surface area contributed by atoms with E-state index in [9.17, 15) is 10.2 Å². The summed E-state index contributed by atoms with van der Waals surface area (Å²) in [4.78, 5) is 2.51. The van der Waals surface area contributed by atoms with Crippen molar-refractivity contribution in [3.05, 3.63) is 58.7 Å². The van der Waals surface area contributed by atoms with E-state index in [1.807, 2.05) is 0 Å². The molecule has 0 radical (unpaired) electrons. The van der Waals surface area contributed by atoms with Gasteiger partial charge < -0.3 is 15.1 Å². The highest BCUT2D eigenvalue weighted by Crippen LogP contribution is 2.38. The first-order valence-corrected chi connectivity index (χ1v) is 8.10. The summed E-state index contributed by atoms with van der Waals surface area (Å²) in [5.41, 5.74) is 6.00. The van der Waals surface area contributed by atoms with E-state index in [0.29, 0.717) is 0 Å². The van der Waals surface area contributed by atoms with Crippen LogP contribution in [-0.4, -0.2) is 23.3 Å². The number of hydrogen-bond acceptors (Lipinski definition) is 3. The third-order valence-electron chi connectivity index (χ3n) is 4.88. The van der Waals surface area contributed by atoms with Crippen LogP contribution in [0.5, 0.6) is 5.75 Å². The van der Waals surface area contributed by atoms with Gasteiger partial charge in [-0.2, -0.15) is 0 Å². The van der Waals surface area contributed by atoms with Gasteiger partial charge in [0, 0.05) is 18.8 Å². The van der Waals surface area contributed by atoms with E-state index < -0.39 is 6.10 Å². The Bertz CT molecular complexity index is 662. The predicted octanol–water partition coefficient (Wildman–Crippen LogP) is 3.17. The Kier molecular flexibility index (Phi) is 3.30. The van der Waals surface area contributed by atoms with Gasteiger partial charge >= 0.3 is 0 Å². The molecule has 0 bridgehead atoms. The van der Waals surface area contributed by atoms with Crippen molar-refractivity contribution in [3.63, 3.8) is 0 Å². The highest BCUT2D eigenvalue weighted by Gasteiger charge is 2.25. The van der Waals surface area contributed by atoms with Crippen LogP contribution in [0, 0.1) is 0 Å². The lowest BCUT2D eigenvalue weighted by atomic mass is 9.88. The average Bonchev–Trinajstić information content (AvgIpc) is 2.55. The van der Waals surface area contributed by atoms with Gasteiger partial charge in [0.1, 0.15) is 11.9 Å². The maximum Gasteiger partial charge on any atom is 0.115 e. The quantitative estimate of drug-likeness (QED) is 0.894. The molecule has 0 aliphatic carbocycles. The van der Waals surface area contributed by atoms with Crippen molar-refractivity contribution < 1.29 is 10.2 Å². The molecule has 114 valence electrons. The number of aliphatic hydroxyl groups is 1. The Morgan fingerprint density at radius 3 is 2.05 bits per heavy atom. The summed E-state index contributed by atoms with van der Waals surface area (Å²) in [5, 5.41) is 20.1. The van der Waals surface area contributed by atoms with E-state index in [1.165, 1.54) is 42.7 Å². The second-order valence-electron chi connectivity index (χ2n) is 6.38. The van der Waals surface area contributed by atoms with Gasteiger partial charge in [-0.15, -0.1) is 0 Å². The maximum absolute atomic E-state index is 10.7. The largest absolute Gasteiger partial charge is 0.508 e. The van der Waals surface area contributed by atoms with Gasteiger partial charge in [-0.05, 0) is 60.1 Å². The molecule has 0 aromatic heterocycles. The fraction of sp³-hybridized carbons (Fsp3) is 0.368. The fourth-order valence-corrected chi connectivity index (χ4v) is 3.84. The first-order chi connectivity index (χ1) is 10.7. The van der Waals surface area contributed by atoms with Crippen molar-refractivity contribution >= 4 is 5.69 Å². The molecule has 0 amide bonds. The van der Waals surface area contributed by atoms with E-state index in [0.717, 1.165) is 24.0 Å². The summed E-state index contributed by atoms with van der Waals surface area (Å²) >= 11 is 0. The third kappa shape index (κ3) is 2.26. The molecule has 2 aliphatic heterocycles. The standard InChI is InChI=1S/C19H21NO2/c21-17-7-5-13(6-8-17)19(22)16-11-14-3-1-9-20-10-2-4-15(12-16)18(14)20/h5-8,11-12,19,21-22H,1-4,9-10H2. The molecule has 22 heavy (non-hydrogen) atoms. The van der Waals surface area contributed by atoms with Crippen LogP contribution < -0.4 is 4.90 Å². The highest BCUT2D eigenvalue weighted by atomic mass is 16.3. The normalized spacial score (nSPS) is 18.0. The summed E-state index contributed by atoms with van der Waals surface area (Å²) in [6.07, 6.45) is 3.99. The van der Waals surface area contributed by atoms with Crippen LogP contribution in [0.3, 0.4) is 0 Å². The zero-order valence-electron chi connectivity index (χ0n) is 12.6. The monoisotopic (exact) mass is 295 g/mol. The second kappa shape index (κ2) is 5.33. The average molecular weight is 295 g/mol. The van der Waals surface area contributed by atoms with Gasteiger partial charge in [0.15, 0.2) is 0 Å². The van der Waals surface area contributed by atoms with Crippen LogP contribution in [-0.2, 0) is 12.8 Å². The molecule has 0 saturated heterocycles. The number of phenols is 1. The van der Waals surface area contributed by atoms with Crippen molar-refractivity contribution in [2.45, 2.75) is 31.8 Å². The summed E-state index contributed by atoms with van der Waals surface area (Å²) in [6.45, 7) is 2.33. The lowest BCUT2D eigenvalue weighted by molar-refractivity contribution is 0.220. The minimum Gasteiger partial charge on any atom is -0.508 e. The van der Waals surface area contributed by atoms with Crippen LogP contribution >= 0.6 is 0 Å². The van der Waals surface area contributed by atoms with E-state index in [1.54, 1.807) is 24.3 Å². The Hall–Kier alpha value is -2.00. The fourth-order valence-electron chi connectivity index (χ4n) is 3.84. The molecule has 3 heteroatoms. The smallest absolute Gasteiger partial charge is 0.115 e. The Balaban J connectivity index is 1.75. The molecule has 0 saturated carbocycles. The lowest BCUT2D eigenvalue weighted by Gasteiger charge is -2.37. The number of nitrogens with zero attached hydrogens (tertiary/aromatic N) is 1. The van der Waals surface area contributed by atoms with Gasteiger partial charge in [-0.3, -0.25) is 0 Å². The Morgan fingerprint density at radius 2 is 1.45 bits per heavy atom. The molecule has 2 aromatic rings. The molecule has 1 atom stereocenters. The molecule has 4 rings (SSSR count). The Labute approximate surface area is 130 Å². The topological polar surface area (TPSA) is 43.7 Å². The van der Waals surface area contributed by atoms with Crippen LogP contribution in [0.25, 0.3) is 0 Å². The van der Waals surface area contributed by atoms with Crippen molar-refractivity contribution in [1.29, 1.82) is 0 Å². The van der Waals surface area contributed by atoms with Crippen LogP contribution in [0.2, 0.25) is 0 Å². The van der Waals surface area contributed by atoms with Gasteiger partial charge in [0.2, 0.25) is 0 Å². The van der Waals surface area contributed by atoms with E-state index >= 15 is 0 Å². The highest BCUT2D eigenvalue weighted by molar-refractivity contribution is 5.64. The lowest BCUT2D eigenvalue weighted by Crippen LogP contribution is -2.34. The summed E-state index contributed by atoms with van der Waals surface area (Å²) in [7, 11) is 0. The molecule has 0 spiro atoms. The Morgan fingerprint density at radius 1 is 0.864 bits per heavy atom.